The molecule has 0 amide bonds. The van der Waals surface area contributed by atoms with Crippen molar-refractivity contribution in [3.63, 3.8) is 0 Å². The second-order valence-electron chi connectivity index (χ2n) is 6.19. The summed E-state index contributed by atoms with van der Waals surface area (Å²) in [5.41, 5.74) is 0. The minimum absolute atomic E-state index is 0.230. The lowest BCUT2D eigenvalue weighted by molar-refractivity contribution is -0.858. The molecule has 2 rings (SSSR count). The lowest BCUT2D eigenvalue weighted by Crippen LogP contribution is -3.05. The standard InChI is InChI=1S/C19H26N2O4S/c1-4-24-16-6-8-17(9-7-16)25-18-10-12-19(13-11-18)26(22,23)20-14-5-15-21(2)3/h6-13,20H,4-5,14-15H2,1-3H3/p+1. The normalized spacial score (nSPS) is 11.5. The number of hydrogen-bond acceptors (Lipinski definition) is 4. The predicted molar refractivity (Wildman–Crippen MR) is 102 cm³/mol. The molecular formula is C19H27N2O4S+. The molecule has 0 aliphatic carbocycles. The molecule has 0 unspecified atom stereocenters. The van der Waals surface area contributed by atoms with Crippen LogP contribution >= 0.6 is 0 Å². The smallest absolute Gasteiger partial charge is 0.240 e. The number of rotatable bonds is 10. The van der Waals surface area contributed by atoms with Crippen molar-refractivity contribution in [1.82, 2.24) is 4.72 Å². The molecule has 2 N–H and O–H groups in total. The van der Waals surface area contributed by atoms with E-state index in [1.54, 1.807) is 24.3 Å². The van der Waals surface area contributed by atoms with Gasteiger partial charge >= 0.3 is 0 Å². The number of quaternary nitrogens is 1. The fourth-order valence-corrected chi connectivity index (χ4v) is 3.40. The minimum Gasteiger partial charge on any atom is -0.494 e. The van der Waals surface area contributed by atoms with E-state index in [0.717, 1.165) is 18.7 Å². The van der Waals surface area contributed by atoms with Gasteiger partial charge in [-0.15, -0.1) is 0 Å². The second kappa shape index (κ2) is 9.56. The van der Waals surface area contributed by atoms with Gasteiger partial charge in [0.15, 0.2) is 0 Å². The Kier molecular flexibility index (Phi) is 7.44. The van der Waals surface area contributed by atoms with Crippen molar-refractivity contribution in [2.75, 3.05) is 33.8 Å². The van der Waals surface area contributed by atoms with Gasteiger partial charge in [-0.05, 0) is 55.5 Å². The van der Waals surface area contributed by atoms with E-state index in [1.807, 2.05) is 45.3 Å². The molecule has 142 valence electrons. The molecule has 0 radical (unpaired) electrons. The maximum absolute atomic E-state index is 12.3. The number of hydrogen-bond donors (Lipinski definition) is 2. The van der Waals surface area contributed by atoms with Gasteiger partial charge in [-0.3, -0.25) is 0 Å². The molecule has 0 heterocycles. The highest BCUT2D eigenvalue weighted by Crippen LogP contribution is 2.25. The number of benzene rings is 2. The van der Waals surface area contributed by atoms with Crippen LogP contribution in [0.2, 0.25) is 0 Å². The second-order valence-corrected chi connectivity index (χ2v) is 7.95. The van der Waals surface area contributed by atoms with Crippen molar-refractivity contribution < 1.29 is 22.8 Å². The Morgan fingerprint density at radius 2 is 1.46 bits per heavy atom. The molecule has 0 bridgehead atoms. The fourth-order valence-electron chi connectivity index (χ4n) is 2.33. The van der Waals surface area contributed by atoms with Crippen LogP contribution in [0.4, 0.5) is 0 Å². The molecule has 7 heteroatoms. The summed E-state index contributed by atoms with van der Waals surface area (Å²) in [4.78, 5) is 1.52. The van der Waals surface area contributed by atoms with E-state index in [4.69, 9.17) is 9.47 Å². The Balaban J connectivity index is 1.94. The van der Waals surface area contributed by atoms with E-state index >= 15 is 0 Å². The maximum Gasteiger partial charge on any atom is 0.240 e. The SMILES string of the molecule is CCOc1ccc(Oc2ccc(S(=O)(=O)NCCC[NH+](C)C)cc2)cc1. The highest BCUT2D eigenvalue weighted by Gasteiger charge is 2.13. The topological polar surface area (TPSA) is 69.1 Å². The molecule has 0 saturated carbocycles. The van der Waals surface area contributed by atoms with Crippen molar-refractivity contribution in [3.05, 3.63) is 48.5 Å². The Morgan fingerprint density at radius 1 is 0.923 bits per heavy atom. The van der Waals surface area contributed by atoms with Crippen LogP contribution in [-0.2, 0) is 10.0 Å². The first-order chi connectivity index (χ1) is 12.4. The van der Waals surface area contributed by atoms with Crippen molar-refractivity contribution in [3.8, 4) is 17.2 Å². The van der Waals surface area contributed by atoms with Gasteiger partial charge in [-0.25, -0.2) is 13.1 Å². The van der Waals surface area contributed by atoms with Gasteiger partial charge in [0.25, 0.3) is 0 Å². The average molecular weight is 380 g/mol. The largest absolute Gasteiger partial charge is 0.494 e. The summed E-state index contributed by atoms with van der Waals surface area (Å²) in [7, 11) is 0.587. The van der Waals surface area contributed by atoms with Crippen molar-refractivity contribution in [2.24, 2.45) is 0 Å². The van der Waals surface area contributed by atoms with Gasteiger partial charge in [0.05, 0.1) is 32.1 Å². The lowest BCUT2D eigenvalue weighted by Gasteiger charge is -2.10. The molecule has 0 aliphatic rings. The Bertz CT molecular complexity index is 772. The van der Waals surface area contributed by atoms with Gasteiger partial charge in [-0.2, -0.15) is 0 Å². The third-order valence-corrected chi connectivity index (χ3v) is 5.13. The summed E-state index contributed by atoms with van der Waals surface area (Å²) in [6.45, 7) is 3.88. The van der Waals surface area contributed by atoms with Gasteiger partial charge in [0, 0.05) is 13.0 Å². The minimum atomic E-state index is -3.49. The monoisotopic (exact) mass is 379 g/mol. The molecule has 2 aromatic carbocycles. The van der Waals surface area contributed by atoms with Gasteiger partial charge < -0.3 is 14.4 Å². The van der Waals surface area contributed by atoms with Gasteiger partial charge in [-0.1, -0.05) is 0 Å². The number of nitrogens with one attached hydrogen (secondary N) is 2. The van der Waals surface area contributed by atoms with Gasteiger partial charge in [0.1, 0.15) is 17.2 Å². The molecule has 0 saturated heterocycles. The number of ether oxygens (including phenoxy) is 2. The van der Waals surface area contributed by atoms with Crippen molar-refractivity contribution >= 4 is 10.0 Å². The molecule has 0 atom stereocenters. The summed E-state index contributed by atoms with van der Waals surface area (Å²) < 4.78 is 38.3. The van der Waals surface area contributed by atoms with E-state index in [0.29, 0.717) is 24.7 Å². The van der Waals surface area contributed by atoms with Crippen LogP contribution in [0.1, 0.15) is 13.3 Å². The number of sulfonamides is 1. The Labute approximate surface area is 155 Å². The highest BCUT2D eigenvalue weighted by molar-refractivity contribution is 7.89. The molecule has 0 fully saturated rings. The zero-order valence-electron chi connectivity index (χ0n) is 15.5. The van der Waals surface area contributed by atoms with Crippen molar-refractivity contribution in [2.45, 2.75) is 18.2 Å². The predicted octanol–water partition coefficient (Wildman–Crippen LogP) is 1.69. The zero-order valence-corrected chi connectivity index (χ0v) is 16.3. The van der Waals surface area contributed by atoms with E-state index in [1.165, 1.54) is 4.90 Å². The third-order valence-electron chi connectivity index (χ3n) is 3.65. The van der Waals surface area contributed by atoms with E-state index < -0.39 is 10.0 Å². The quantitative estimate of drug-likeness (QED) is 0.617. The summed E-state index contributed by atoms with van der Waals surface area (Å²) in [5, 5.41) is 0. The highest BCUT2D eigenvalue weighted by atomic mass is 32.2. The Morgan fingerprint density at radius 3 is 2.00 bits per heavy atom. The van der Waals surface area contributed by atoms with Crippen LogP contribution in [0.5, 0.6) is 17.2 Å². The first kappa shape index (κ1) is 20.2. The summed E-state index contributed by atoms with van der Waals surface area (Å²) in [6.07, 6.45) is 0.792. The van der Waals surface area contributed by atoms with Crippen LogP contribution in [0.25, 0.3) is 0 Å². The van der Waals surface area contributed by atoms with Crippen LogP contribution in [0.15, 0.2) is 53.4 Å². The third kappa shape index (κ3) is 6.33. The molecule has 26 heavy (non-hydrogen) atoms. The van der Waals surface area contributed by atoms with Gasteiger partial charge in [0.2, 0.25) is 10.0 Å². The lowest BCUT2D eigenvalue weighted by atomic mass is 10.3. The average Bonchev–Trinajstić information content (AvgIpc) is 2.61. The molecule has 0 spiro atoms. The van der Waals surface area contributed by atoms with E-state index in [9.17, 15) is 8.42 Å². The van der Waals surface area contributed by atoms with E-state index in [2.05, 4.69) is 4.72 Å². The summed E-state index contributed by atoms with van der Waals surface area (Å²) >= 11 is 0. The fraction of sp³-hybridized carbons (Fsp3) is 0.368. The molecule has 6 nitrogen and oxygen atoms in total. The van der Waals surface area contributed by atoms with E-state index in [-0.39, 0.29) is 4.90 Å². The maximum atomic E-state index is 12.3. The Hall–Kier alpha value is -2.09. The van der Waals surface area contributed by atoms with Crippen molar-refractivity contribution in [1.29, 1.82) is 0 Å². The molecule has 2 aromatic rings. The van der Waals surface area contributed by atoms with Crippen LogP contribution in [0.3, 0.4) is 0 Å². The molecule has 0 aromatic heterocycles. The van der Waals surface area contributed by atoms with Crippen LogP contribution < -0.4 is 19.1 Å². The summed E-state index contributed by atoms with van der Waals surface area (Å²) in [6, 6.07) is 13.7. The first-order valence-electron chi connectivity index (χ1n) is 8.70. The molecule has 0 aliphatic heterocycles. The zero-order chi connectivity index (χ0) is 19.0. The first-order valence-corrected chi connectivity index (χ1v) is 10.2. The van der Waals surface area contributed by atoms with Crippen LogP contribution in [-0.4, -0.2) is 42.2 Å². The summed E-state index contributed by atoms with van der Waals surface area (Å²) in [5.74, 6) is 2.01. The van der Waals surface area contributed by atoms with Crippen LogP contribution in [0, 0.1) is 0 Å². The molecular weight excluding hydrogens is 352 g/mol.